The van der Waals surface area contributed by atoms with Crippen molar-refractivity contribution >= 4 is 16.0 Å². The van der Waals surface area contributed by atoms with E-state index in [0.29, 0.717) is 6.42 Å². The van der Waals surface area contributed by atoms with Gasteiger partial charge in [-0.15, -0.1) is 6.58 Å². The minimum atomic E-state index is -3.46. The van der Waals surface area contributed by atoms with Crippen LogP contribution >= 0.6 is 0 Å². The molecule has 5 nitrogen and oxygen atoms in total. The zero-order valence-electron chi connectivity index (χ0n) is 8.85. The van der Waals surface area contributed by atoms with Crippen molar-refractivity contribution in [2.75, 3.05) is 18.8 Å². The van der Waals surface area contributed by atoms with Gasteiger partial charge in [0.15, 0.2) is 0 Å². The third kappa shape index (κ3) is 5.54. The molecule has 0 spiro atoms. The summed E-state index contributed by atoms with van der Waals surface area (Å²) in [7, 11) is -3.46. The smallest absolute Gasteiger partial charge is 0.318 e. The number of nitrogens with zero attached hydrogens (tertiary/aromatic N) is 1. The Labute approximate surface area is 90.4 Å². The lowest BCUT2D eigenvalue weighted by atomic mass is 10.4. The Morgan fingerprint density at radius 3 is 2.53 bits per heavy atom. The molecule has 0 aromatic heterocycles. The largest absolute Gasteiger partial charge is 0.480 e. The Morgan fingerprint density at radius 2 is 2.13 bits per heavy atom. The van der Waals surface area contributed by atoms with Crippen LogP contribution in [0.25, 0.3) is 0 Å². The van der Waals surface area contributed by atoms with Gasteiger partial charge in [0.1, 0.15) is 6.54 Å². The standard InChI is InChI=1S/C9H17NO4S/c1-3-5-7-15(13,14)10(6-4-2)8-9(11)12/h4H,2-3,5-8H2,1H3,(H,11,12). The van der Waals surface area contributed by atoms with E-state index < -0.39 is 22.5 Å². The van der Waals surface area contributed by atoms with Gasteiger partial charge in [-0.1, -0.05) is 19.4 Å². The molecule has 0 aliphatic rings. The number of carboxylic acids is 1. The molecular weight excluding hydrogens is 218 g/mol. The van der Waals surface area contributed by atoms with Crippen LogP contribution in [0.1, 0.15) is 19.8 Å². The highest BCUT2D eigenvalue weighted by Crippen LogP contribution is 2.04. The molecule has 0 rings (SSSR count). The van der Waals surface area contributed by atoms with Crippen molar-refractivity contribution < 1.29 is 18.3 Å². The third-order valence-corrected chi connectivity index (χ3v) is 3.66. The zero-order chi connectivity index (χ0) is 11.9. The number of carbonyl (C=O) groups is 1. The molecular formula is C9H17NO4S. The highest BCUT2D eigenvalue weighted by Gasteiger charge is 2.22. The lowest BCUT2D eigenvalue weighted by Crippen LogP contribution is -2.37. The minimum Gasteiger partial charge on any atom is -0.480 e. The van der Waals surface area contributed by atoms with Crippen molar-refractivity contribution in [1.82, 2.24) is 4.31 Å². The Bertz CT molecular complexity index is 310. The van der Waals surface area contributed by atoms with E-state index in [-0.39, 0.29) is 12.3 Å². The van der Waals surface area contributed by atoms with Crippen molar-refractivity contribution in [2.24, 2.45) is 0 Å². The number of hydrogen-bond donors (Lipinski definition) is 1. The molecule has 0 radical (unpaired) electrons. The normalized spacial score (nSPS) is 11.6. The van der Waals surface area contributed by atoms with Gasteiger partial charge < -0.3 is 5.11 Å². The second-order valence-corrected chi connectivity index (χ2v) is 5.23. The topological polar surface area (TPSA) is 74.7 Å². The lowest BCUT2D eigenvalue weighted by Gasteiger charge is -2.18. The Morgan fingerprint density at radius 1 is 1.53 bits per heavy atom. The van der Waals surface area contributed by atoms with Crippen molar-refractivity contribution in [3.05, 3.63) is 12.7 Å². The van der Waals surface area contributed by atoms with Crippen LogP contribution in [0, 0.1) is 0 Å². The molecule has 15 heavy (non-hydrogen) atoms. The first-order valence-corrected chi connectivity index (χ1v) is 6.35. The Kier molecular flexibility index (Phi) is 6.19. The quantitative estimate of drug-likeness (QED) is 0.628. The van der Waals surface area contributed by atoms with Gasteiger partial charge >= 0.3 is 5.97 Å². The molecule has 0 fully saturated rings. The molecule has 6 heteroatoms. The van der Waals surface area contributed by atoms with Crippen molar-refractivity contribution in [1.29, 1.82) is 0 Å². The van der Waals surface area contributed by atoms with Gasteiger partial charge in [-0.2, -0.15) is 4.31 Å². The second kappa shape index (κ2) is 6.58. The molecule has 0 aromatic rings. The van der Waals surface area contributed by atoms with E-state index in [9.17, 15) is 13.2 Å². The summed E-state index contributed by atoms with van der Waals surface area (Å²) in [5.74, 6) is -1.16. The summed E-state index contributed by atoms with van der Waals surface area (Å²) >= 11 is 0. The molecule has 1 N–H and O–H groups in total. The van der Waals surface area contributed by atoms with Gasteiger partial charge in [-0.3, -0.25) is 4.79 Å². The van der Waals surface area contributed by atoms with Gasteiger partial charge in [0.2, 0.25) is 10.0 Å². The molecule has 0 bridgehead atoms. The zero-order valence-corrected chi connectivity index (χ0v) is 9.66. The highest BCUT2D eigenvalue weighted by molar-refractivity contribution is 7.89. The minimum absolute atomic E-state index is 0.00931. The summed E-state index contributed by atoms with van der Waals surface area (Å²) in [5, 5.41) is 8.56. The molecule has 0 aliphatic heterocycles. The van der Waals surface area contributed by atoms with E-state index in [1.54, 1.807) is 0 Å². The van der Waals surface area contributed by atoms with Crippen LogP contribution in [0.5, 0.6) is 0 Å². The number of sulfonamides is 1. The molecule has 0 unspecified atom stereocenters. The summed E-state index contributed by atoms with van der Waals surface area (Å²) in [5.41, 5.74) is 0. The number of hydrogen-bond acceptors (Lipinski definition) is 3. The second-order valence-electron chi connectivity index (χ2n) is 3.14. The summed E-state index contributed by atoms with van der Waals surface area (Å²) in [6, 6.07) is 0. The first kappa shape index (κ1) is 14.1. The maximum Gasteiger partial charge on any atom is 0.318 e. The average Bonchev–Trinajstić information content (AvgIpc) is 2.13. The fourth-order valence-corrected chi connectivity index (χ4v) is 2.58. The van der Waals surface area contributed by atoms with Gasteiger partial charge in [0.05, 0.1) is 5.75 Å². The predicted octanol–water partition coefficient (Wildman–Crippen LogP) is 0.689. The van der Waals surface area contributed by atoms with Crippen molar-refractivity contribution in [3.8, 4) is 0 Å². The van der Waals surface area contributed by atoms with Gasteiger partial charge in [-0.25, -0.2) is 8.42 Å². The van der Waals surface area contributed by atoms with E-state index in [4.69, 9.17) is 5.11 Å². The Balaban J connectivity index is 4.57. The van der Waals surface area contributed by atoms with E-state index in [0.717, 1.165) is 10.7 Å². The van der Waals surface area contributed by atoms with Crippen LogP contribution in [-0.2, 0) is 14.8 Å². The summed E-state index contributed by atoms with van der Waals surface area (Å²) in [4.78, 5) is 10.5. The van der Waals surface area contributed by atoms with E-state index in [2.05, 4.69) is 6.58 Å². The number of unbranched alkanes of at least 4 members (excludes halogenated alkanes) is 1. The van der Waals surface area contributed by atoms with E-state index in [1.807, 2.05) is 6.92 Å². The van der Waals surface area contributed by atoms with Gasteiger partial charge in [-0.05, 0) is 6.42 Å². The van der Waals surface area contributed by atoms with Crippen molar-refractivity contribution in [2.45, 2.75) is 19.8 Å². The van der Waals surface area contributed by atoms with Crippen LogP contribution in [-0.4, -0.2) is 42.6 Å². The fourth-order valence-electron chi connectivity index (χ4n) is 1.03. The SMILES string of the molecule is C=CCN(CC(=O)O)S(=O)(=O)CCCC. The number of aliphatic carboxylic acids is 1. The Hall–Kier alpha value is -0.880. The first-order chi connectivity index (χ1) is 6.94. The maximum absolute atomic E-state index is 11.6. The van der Waals surface area contributed by atoms with Crippen LogP contribution in [0.4, 0.5) is 0 Å². The average molecular weight is 235 g/mol. The third-order valence-electron chi connectivity index (χ3n) is 1.79. The van der Waals surface area contributed by atoms with Crippen LogP contribution in [0.2, 0.25) is 0 Å². The summed E-state index contributed by atoms with van der Waals surface area (Å²) in [6.07, 6.45) is 2.68. The fraction of sp³-hybridized carbons (Fsp3) is 0.667. The molecule has 0 saturated heterocycles. The molecule has 0 atom stereocenters. The van der Waals surface area contributed by atoms with E-state index >= 15 is 0 Å². The van der Waals surface area contributed by atoms with Crippen LogP contribution in [0.3, 0.4) is 0 Å². The van der Waals surface area contributed by atoms with Gasteiger partial charge in [0, 0.05) is 6.54 Å². The highest BCUT2D eigenvalue weighted by atomic mass is 32.2. The lowest BCUT2D eigenvalue weighted by molar-refractivity contribution is -0.137. The van der Waals surface area contributed by atoms with Crippen molar-refractivity contribution in [3.63, 3.8) is 0 Å². The predicted molar refractivity (Wildman–Crippen MR) is 58.1 cm³/mol. The number of carboxylic acid groups (broad SMARTS) is 1. The summed E-state index contributed by atoms with van der Waals surface area (Å²) in [6.45, 7) is 4.82. The maximum atomic E-state index is 11.6. The molecule has 0 heterocycles. The molecule has 88 valence electrons. The molecule has 0 amide bonds. The number of rotatable bonds is 8. The molecule has 0 aliphatic carbocycles. The first-order valence-electron chi connectivity index (χ1n) is 4.74. The monoisotopic (exact) mass is 235 g/mol. The van der Waals surface area contributed by atoms with Crippen LogP contribution in [0.15, 0.2) is 12.7 Å². The van der Waals surface area contributed by atoms with Gasteiger partial charge in [0.25, 0.3) is 0 Å². The molecule has 0 saturated carbocycles. The van der Waals surface area contributed by atoms with E-state index in [1.165, 1.54) is 6.08 Å². The molecule has 0 aromatic carbocycles. The van der Waals surface area contributed by atoms with Crippen LogP contribution < -0.4 is 0 Å². The summed E-state index contributed by atoms with van der Waals surface area (Å²) < 4.78 is 24.2.